The van der Waals surface area contributed by atoms with E-state index in [2.05, 4.69) is 37.4 Å². The van der Waals surface area contributed by atoms with Gasteiger partial charge in [0.25, 0.3) is 0 Å². The molecular formula is C16H25NO2. The molecule has 0 saturated carbocycles. The molecule has 0 spiro atoms. The first-order valence-electron chi connectivity index (χ1n) is 7.16. The summed E-state index contributed by atoms with van der Waals surface area (Å²) in [5.41, 5.74) is 2.46. The van der Waals surface area contributed by atoms with Gasteiger partial charge in [-0.25, -0.2) is 0 Å². The van der Waals surface area contributed by atoms with Crippen molar-refractivity contribution in [2.45, 2.75) is 32.7 Å². The highest BCUT2D eigenvalue weighted by Gasteiger charge is 2.16. The van der Waals surface area contributed by atoms with Gasteiger partial charge in [0.05, 0.1) is 7.11 Å². The van der Waals surface area contributed by atoms with Crippen LogP contribution in [0.2, 0.25) is 0 Å². The van der Waals surface area contributed by atoms with Gasteiger partial charge in [-0.2, -0.15) is 0 Å². The summed E-state index contributed by atoms with van der Waals surface area (Å²) in [5.74, 6) is 1.71. The normalized spacial score (nSPS) is 20.5. The van der Waals surface area contributed by atoms with Crippen molar-refractivity contribution < 1.29 is 9.47 Å². The number of ether oxygens (including phenoxy) is 2. The van der Waals surface area contributed by atoms with E-state index in [9.17, 15) is 0 Å². The molecule has 0 bridgehead atoms. The fraction of sp³-hybridized carbons (Fsp3) is 0.625. The van der Waals surface area contributed by atoms with E-state index in [1.807, 2.05) is 0 Å². The lowest BCUT2D eigenvalue weighted by atomic mass is 10.0. The molecule has 2 rings (SSSR count). The molecule has 1 aliphatic rings. The Morgan fingerprint density at radius 1 is 1.47 bits per heavy atom. The van der Waals surface area contributed by atoms with Gasteiger partial charge < -0.3 is 14.8 Å². The highest BCUT2D eigenvalue weighted by molar-refractivity contribution is 5.38. The molecule has 0 aliphatic carbocycles. The zero-order chi connectivity index (χ0) is 13.7. The Kier molecular flexibility index (Phi) is 5.23. The summed E-state index contributed by atoms with van der Waals surface area (Å²) in [6.45, 7) is 7.19. The van der Waals surface area contributed by atoms with Crippen LogP contribution >= 0.6 is 0 Å². The Hall–Kier alpha value is -1.06. The number of methoxy groups -OCH3 is 1. The quantitative estimate of drug-likeness (QED) is 0.855. The topological polar surface area (TPSA) is 30.5 Å². The molecule has 1 heterocycles. The van der Waals surface area contributed by atoms with Gasteiger partial charge in [0.1, 0.15) is 5.75 Å². The lowest BCUT2D eigenvalue weighted by Gasteiger charge is -2.18. The molecule has 0 radical (unpaired) electrons. The molecule has 1 aromatic rings. The summed E-state index contributed by atoms with van der Waals surface area (Å²) in [5, 5.41) is 3.58. The van der Waals surface area contributed by atoms with E-state index in [4.69, 9.17) is 9.47 Å². The van der Waals surface area contributed by atoms with Gasteiger partial charge in [0, 0.05) is 24.8 Å². The zero-order valence-corrected chi connectivity index (χ0v) is 12.2. The molecule has 3 heteroatoms. The fourth-order valence-corrected chi connectivity index (χ4v) is 2.60. The van der Waals surface area contributed by atoms with E-state index in [0.29, 0.717) is 6.04 Å². The third-order valence-electron chi connectivity index (χ3n) is 3.88. The number of hydrogen-bond acceptors (Lipinski definition) is 3. The van der Waals surface area contributed by atoms with Crippen LogP contribution in [0.1, 0.15) is 36.9 Å². The van der Waals surface area contributed by atoms with Gasteiger partial charge in [-0.15, -0.1) is 0 Å². The molecule has 2 atom stereocenters. The van der Waals surface area contributed by atoms with Crippen LogP contribution in [0.4, 0.5) is 0 Å². The summed E-state index contributed by atoms with van der Waals surface area (Å²) in [6, 6.07) is 6.71. The molecule has 3 nitrogen and oxygen atoms in total. The van der Waals surface area contributed by atoms with Gasteiger partial charge in [-0.05, 0) is 50.8 Å². The summed E-state index contributed by atoms with van der Waals surface area (Å²) in [7, 11) is 1.74. The van der Waals surface area contributed by atoms with Crippen molar-refractivity contribution in [1.29, 1.82) is 0 Å². The minimum atomic E-state index is 0.317. The fourth-order valence-electron chi connectivity index (χ4n) is 2.60. The largest absolute Gasteiger partial charge is 0.496 e. The van der Waals surface area contributed by atoms with Crippen molar-refractivity contribution in [3.05, 3.63) is 29.3 Å². The second-order valence-electron chi connectivity index (χ2n) is 5.44. The maximum Gasteiger partial charge on any atom is 0.123 e. The van der Waals surface area contributed by atoms with E-state index in [1.54, 1.807) is 7.11 Å². The van der Waals surface area contributed by atoms with Gasteiger partial charge in [-0.1, -0.05) is 12.1 Å². The standard InChI is InChI=1S/C16H25NO2/c1-12-4-5-15(16(10-12)18-3)13(2)17-8-6-14-7-9-19-11-14/h4-5,10,13-14,17H,6-9,11H2,1-3H3. The van der Waals surface area contributed by atoms with Crippen LogP contribution in [0.3, 0.4) is 0 Å². The van der Waals surface area contributed by atoms with E-state index in [-0.39, 0.29) is 0 Å². The number of aryl methyl sites for hydroxylation is 1. The van der Waals surface area contributed by atoms with Crippen molar-refractivity contribution in [2.24, 2.45) is 5.92 Å². The summed E-state index contributed by atoms with van der Waals surface area (Å²) < 4.78 is 10.9. The molecule has 106 valence electrons. The molecule has 19 heavy (non-hydrogen) atoms. The highest BCUT2D eigenvalue weighted by Crippen LogP contribution is 2.26. The molecule has 1 N–H and O–H groups in total. The first-order valence-corrected chi connectivity index (χ1v) is 7.16. The SMILES string of the molecule is COc1cc(C)ccc1C(C)NCCC1CCOC1. The van der Waals surface area contributed by atoms with E-state index in [0.717, 1.165) is 31.4 Å². The number of rotatable bonds is 6. The van der Waals surface area contributed by atoms with E-state index < -0.39 is 0 Å². The Labute approximate surface area is 116 Å². The molecule has 1 fully saturated rings. The Morgan fingerprint density at radius 2 is 2.32 bits per heavy atom. The number of nitrogens with one attached hydrogen (secondary N) is 1. The monoisotopic (exact) mass is 263 g/mol. The third kappa shape index (κ3) is 3.95. The second kappa shape index (κ2) is 6.92. The van der Waals surface area contributed by atoms with Crippen LogP contribution in [0.15, 0.2) is 18.2 Å². The van der Waals surface area contributed by atoms with Crippen LogP contribution in [-0.4, -0.2) is 26.9 Å². The second-order valence-corrected chi connectivity index (χ2v) is 5.44. The van der Waals surface area contributed by atoms with Crippen molar-refractivity contribution in [3.8, 4) is 5.75 Å². The van der Waals surface area contributed by atoms with Gasteiger partial charge in [0.15, 0.2) is 0 Å². The van der Waals surface area contributed by atoms with Crippen LogP contribution in [-0.2, 0) is 4.74 Å². The van der Waals surface area contributed by atoms with Gasteiger partial charge >= 0.3 is 0 Å². The molecular weight excluding hydrogens is 238 g/mol. The van der Waals surface area contributed by atoms with Crippen molar-refractivity contribution in [1.82, 2.24) is 5.32 Å². The lowest BCUT2D eigenvalue weighted by molar-refractivity contribution is 0.184. The highest BCUT2D eigenvalue weighted by atomic mass is 16.5. The summed E-state index contributed by atoms with van der Waals surface area (Å²) >= 11 is 0. The van der Waals surface area contributed by atoms with Crippen LogP contribution in [0.25, 0.3) is 0 Å². The predicted octanol–water partition coefficient (Wildman–Crippen LogP) is 3.08. The minimum absolute atomic E-state index is 0.317. The molecule has 2 unspecified atom stereocenters. The molecule has 1 aliphatic heterocycles. The van der Waals surface area contributed by atoms with E-state index >= 15 is 0 Å². The minimum Gasteiger partial charge on any atom is -0.496 e. The Morgan fingerprint density at radius 3 is 3.00 bits per heavy atom. The average Bonchev–Trinajstić information content (AvgIpc) is 2.91. The number of hydrogen-bond donors (Lipinski definition) is 1. The molecule has 0 aromatic heterocycles. The van der Waals surface area contributed by atoms with Crippen molar-refractivity contribution >= 4 is 0 Å². The summed E-state index contributed by atoms with van der Waals surface area (Å²) in [4.78, 5) is 0. The zero-order valence-electron chi connectivity index (χ0n) is 12.2. The predicted molar refractivity (Wildman–Crippen MR) is 77.7 cm³/mol. The maximum atomic E-state index is 5.47. The van der Waals surface area contributed by atoms with Crippen LogP contribution in [0.5, 0.6) is 5.75 Å². The molecule has 1 aromatic carbocycles. The average molecular weight is 263 g/mol. The van der Waals surface area contributed by atoms with Crippen molar-refractivity contribution in [3.63, 3.8) is 0 Å². The Balaban J connectivity index is 1.86. The Bertz CT molecular complexity index is 400. The third-order valence-corrected chi connectivity index (χ3v) is 3.88. The van der Waals surface area contributed by atoms with Crippen molar-refractivity contribution in [2.75, 3.05) is 26.9 Å². The molecule has 0 amide bonds. The maximum absolute atomic E-state index is 5.47. The van der Waals surface area contributed by atoms with Gasteiger partial charge in [0.2, 0.25) is 0 Å². The van der Waals surface area contributed by atoms with Crippen LogP contribution < -0.4 is 10.1 Å². The van der Waals surface area contributed by atoms with E-state index in [1.165, 1.54) is 24.0 Å². The summed E-state index contributed by atoms with van der Waals surface area (Å²) in [6.07, 6.45) is 2.41. The smallest absolute Gasteiger partial charge is 0.123 e. The molecule has 1 saturated heterocycles. The first-order chi connectivity index (χ1) is 9.20. The van der Waals surface area contributed by atoms with Crippen LogP contribution in [0, 0.1) is 12.8 Å². The number of benzene rings is 1. The first kappa shape index (κ1) is 14.4. The van der Waals surface area contributed by atoms with Gasteiger partial charge in [-0.3, -0.25) is 0 Å². The lowest BCUT2D eigenvalue weighted by Crippen LogP contribution is -2.22.